The van der Waals surface area contributed by atoms with E-state index in [1.807, 2.05) is 39.8 Å². The SMILES string of the molecule is Cc1ccc(-n2ncc3c(C4CC4)nn(CC(=O)N4CC(C)OC(C)C4)c(=O)c32)c(C)c1. The number of hydrogen-bond acceptors (Lipinski definition) is 5. The predicted molar refractivity (Wildman–Crippen MR) is 121 cm³/mol. The highest BCUT2D eigenvalue weighted by Crippen LogP contribution is 2.41. The number of amides is 1. The van der Waals surface area contributed by atoms with Gasteiger partial charge >= 0.3 is 0 Å². The number of fused-ring (bicyclic) bond motifs is 1. The average Bonchev–Trinajstić information content (AvgIpc) is 3.48. The summed E-state index contributed by atoms with van der Waals surface area (Å²) in [6.45, 7) is 8.94. The number of aryl methyl sites for hydroxylation is 2. The number of aromatic nitrogens is 4. The Hall–Kier alpha value is -3.00. The van der Waals surface area contributed by atoms with Crippen LogP contribution in [0.5, 0.6) is 0 Å². The van der Waals surface area contributed by atoms with Crippen LogP contribution >= 0.6 is 0 Å². The molecule has 2 aromatic heterocycles. The van der Waals surface area contributed by atoms with Gasteiger partial charge in [0.25, 0.3) is 5.56 Å². The van der Waals surface area contributed by atoms with Crippen LogP contribution in [0.2, 0.25) is 0 Å². The molecule has 1 aliphatic heterocycles. The smallest absolute Gasteiger partial charge is 0.293 e. The number of ether oxygens (including phenoxy) is 1. The first-order valence-corrected chi connectivity index (χ1v) is 11.3. The molecule has 0 bridgehead atoms. The first kappa shape index (κ1) is 20.9. The van der Waals surface area contributed by atoms with Crippen LogP contribution in [-0.2, 0) is 16.1 Å². The van der Waals surface area contributed by atoms with E-state index < -0.39 is 0 Å². The zero-order valence-corrected chi connectivity index (χ0v) is 19.0. The molecule has 2 fully saturated rings. The van der Waals surface area contributed by atoms with E-state index in [1.54, 1.807) is 15.8 Å². The third-order valence-electron chi connectivity index (χ3n) is 6.31. The molecule has 3 aromatic rings. The number of hydrogen-bond donors (Lipinski definition) is 0. The van der Waals surface area contributed by atoms with Gasteiger partial charge < -0.3 is 9.64 Å². The monoisotopic (exact) mass is 435 g/mol. The fourth-order valence-corrected chi connectivity index (χ4v) is 4.69. The molecular formula is C24H29N5O3. The number of benzene rings is 1. The van der Waals surface area contributed by atoms with E-state index >= 15 is 0 Å². The quantitative estimate of drug-likeness (QED) is 0.629. The van der Waals surface area contributed by atoms with Crippen molar-refractivity contribution >= 4 is 16.8 Å². The lowest BCUT2D eigenvalue weighted by molar-refractivity contribution is -0.144. The van der Waals surface area contributed by atoms with Crippen molar-refractivity contribution in [2.45, 2.75) is 65.2 Å². The molecule has 1 aromatic carbocycles. The first-order chi connectivity index (χ1) is 15.3. The molecule has 168 valence electrons. The number of carbonyl (C=O) groups excluding carboxylic acids is 1. The summed E-state index contributed by atoms with van der Waals surface area (Å²) < 4.78 is 8.79. The van der Waals surface area contributed by atoms with Crippen molar-refractivity contribution in [1.82, 2.24) is 24.5 Å². The van der Waals surface area contributed by atoms with Crippen LogP contribution in [0.4, 0.5) is 0 Å². The molecule has 1 saturated carbocycles. The highest BCUT2D eigenvalue weighted by molar-refractivity contribution is 5.83. The molecule has 8 heteroatoms. The van der Waals surface area contributed by atoms with Gasteiger partial charge in [-0.1, -0.05) is 17.7 Å². The summed E-state index contributed by atoms with van der Waals surface area (Å²) in [5, 5.41) is 10.0. The third kappa shape index (κ3) is 3.72. The summed E-state index contributed by atoms with van der Waals surface area (Å²) in [7, 11) is 0. The van der Waals surface area contributed by atoms with Crippen molar-refractivity contribution in [3.05, 3.63) is 51.6 Å². The summed E-state index contributed by atoms with van der Waals surface area (Å²) in [5.74, 6) is 0.208. The number of carbonyl (C=O) groups is 1. The first-order valence-electron chi connectivity index (χ1n) is 11.3. The van der Waals surface area contributed by atoms with Crippen molar-refractivity contribution in [2.24, 2.45) is 0 Å². The van der Waals surface area contributed by atoms with Gasteiger partial charge in [0.15, 0.2) is 0 Å². The van der Waals surface area contributed by atoms with E-state index in [4.69, 9.17) is 4.74 Å². The Morgan fingerprint density at radius 3 is 2.53 bits per heavy atom. The molecular weight excluding hydrogens is 406 g/mol. The van der Waals surface area contributed by atoms with Crippen LogP contribution in [0.1, 0.15) is 49.4 Å². The van der Waals surface area contributed by atoms with Crippen molar-refractivity contribution in [1.29, 1.82) is 0 Å². The van der Waals surface area contributed by atoms with E-state index in [0.717, 1.165) is 40.7 Å². The Kier molecular flexibility index (Phi) is 5.12. The van der Waals surface area contributed by atoms with Gasteiger partial charge in [0.2, 0.25) is 5.91 Å². The topological polar surface area (TPSA) is 82.2 Å². The lowest BCUT2D eigenvalue weighted by atomic mass is 10.1. The van der Waals surface area contributed by atoms with Gasteiger partial charge in [-0.2, -0.15) is 10.2 Å². The van der Waals surface area contributed by atoms with Crippen LogP contribution < -0.4 is 5.56 Å². The molecule has 32 heavy (non-hydrogen) atoms. The second-order valence-electron chi connectivity index (χ2n) is 9.29. The van der Waals surface area contributed by atoms with Crippen molar-refractivity contribution < 1.29 is 9.53 Å². The molecule has 0 spiro atoms. The fourth-order valence-electron chi connectivity index (χ4n) is 4.69. The summed E-state index contributed by atoms with van der Waals surface area (Å²) in [5.41, 5.74) is 4.13. The Morgan fingerprint density at radius 2 is 1.88 bits per heavy atom. The predicted octanol–water partition coefficient (Wildman–Crippen LogP) is 2.71. The van der Waals surface area contributed by atoms with Crippen LogP contribution in [0.15, 0.2) is 29.2 Å². The molecule has 5 rings (SSSR count). The molecule has 0 N–H and O–H groups in total. The van der Waals surface area contributed by atoms with Crippen LogP contribution in [-0.4, -0.2) is 55.7 Å². The zero-order valence-electron chi connectivity index (χ0n) is 19.0. The van der Waals surface area contributed by atoms with Crippen LogP contribution in [0.25, 0.3) is 16.6 Å². The van der Waals surface area contributed by atoms with Crippen molar-refractivity contribution in [3.63, 3.8) is 0 Å². The van der Waals surface area contributed by atoms with E-state index in [0.29, 0.717) is 24.5 Å². The molecule has 0 radical (unpaired) electrons. The molecule has 2 aliphatic rings. The summed E-state index contributed by atoms with van der Waals surface area (Å²) in [4.78, 5) is 28.4. The highest BCUT2D eigenvalue weighted by atomic mass is 16.5. The summed E-state index contributed by atoms with van der Waals surface area (Å²) in [6, 6.07) is 6.08. The van der Waals surface area contributed by atoms with E-state index in [2.05, 4.69) is 16.3 Å². The van der Waals surface area contributed by atoms with Gasteiger partial charge in [-0.05, 0) is 52.2 Å². The van der Waals surface area contributed by atoms with Gasteiger partial charge in [0.1, 0.15) is 12.1 Å². The van der Waals surface area contributed by atoms with E-state index in [-0.39, 0.29) is 30.2 Å². The fraction of sp³-hybridized carbons (Fsp3) is 0.500. The van der Waals surface area contributed by atoms with Gasteiger partial charge in [-0.3, -0.25) is 9.59 Å². The van der Waals surface area contributed by atoms with Crippen LogP contribution in [0, 0.1) is 13.8 Å². The maximum absolute atomic E-state index is 13.5. The molecule has 3 heterocycles. The normalized spacial score (nSPS) is 21.3. The zero-order chi connectivity index (χ0) is 22.6. The Bertz CT molecular complexity index is 1250. The average molecular weight is 436 g/mol. The molecule has 1 saturated heterocycles. The van der Waals surface area contributed by atoms with Gasteiger partial charge in [-0.15, -0.1) is 0 Å². The summed E-state index contributed by atoms with van der Waals surface area (Å²) >= 11 is 0. The lowest BCUT2D eigenvalue weighted by Crippen LogP contribution is -2.49. The minimum absolute atomic E-state index is 0.0252. The number of nitrogens with zero attached hydrogens (tertiary/aromatic N) is 5. The Balaban J connectivity index is 1.58. The molecule has 8 nitrogen and oxygen atoms in total. The lowest BCUT2D eigenvalue weighted by Gasteiger charge is -2.35. The van der Waals surface area contributed by atoms with E-state index in [9.17, 15) is 9.59 Å². The van der Waals surface area contributed by atoms with Crippen molar-refractivity contribution in [3.8, 4) is 5.69 Å². The van der Waals surface area contributed by atoms with Gasteiger partial charge in [0, 0.05) is 24.4 Å². The Morgan fingerprint density at radius 1 is 1.16 bits per heavy atom. The Labute approximate surface area is 186 Å². The van der Waals surface area contributed by atoms with E-state index in [1.165, 1.54) is 4.68 Å². The molecule has 1 amide bonds. The van der Waals surface area contributed by atoms with Crippen LogP contribution in [0.3, 0.4) is 0 Å². The standard InChI is InChI=1S/C24H29N5O3/c1-14-5-8-20(15(2)9-14)29-23-19(10-25-29)22(18-6-7-18)26-28(24(23)31)13-21(30)27-11-16(3)32-17(4)12-27/h5,8-10,16-18H,6-7,11-13H2,1-4H3. The maximum Gasteiger partial charge on any atom is 0.293 e. The number of rotatable bonds is 4. The molecule has 2 atom stereocenters. The maximum atomic E-state index is 13.5. The minimum atomic E-state index is -0.287. The largest absolute Gasteiger partial charge is 0.372 e. The van der Waals surface area contributed by atoms with Gasteiger partial charge in [0.05, 0.1) is 29.8 Å². The number of morpholine rings is 1. The second kappa shape index (κ2) is 7.85. The molecule has 1 aliphatic carbocycles. The van der Waals surface area contributed by atoms with Gasteiger partial charge in [-0.25, -0.2) is 9.36 Å². The highest BCUT2D eigenvalue weighted by Gasteiger charge is 2.31. The summed E-state index contributed by atoms with van der Waals surface area (Å²) in [6.07, 6.45) is 3.78. The second-order valence-corrected chi connectivity index (χ2v) is 9.29. The van der Waals surface area contributed by atoms with Crippen molar-refractivity contribution in [2.75, 3.05) is 13.1 Å². The third-order valence-corrected chi connectivity index (χ3v) is 6.31. The molecule has 2 unspecified atom stereocenters. The minimum Gasteiger partial charge on any atom is -0.372 e.